The maximum Gasteiger partial charge on any atom is 0.308 e. The number of nitrogens with zero attached hydrogens (tertiary/aromatic N) is 5. The van der Waals surface area contributed by atoms with Gasteiger partial charge in [-0.05, 0) is 45.6 Å². The summed E-state index contributed by atoms with van der Waals surface area (Å²) >= 11 is 0. The molecule has 0 amide bonds. The first-order valence-electron chi connectivity index (χ1n) is 9.91. The molecule has 4 fully saturated rings. The number of rotatable bonds is 4. The van der Waals surface area contributed by atoms with E-state index in [9.17, 15) is 0 Å². The molecule has 0 radical (unpaired) electrons. The van der Waals surface area contributed by atoms with Crippen LogP contribution in [0, 0.1) is 0 Å². The zero-order chi connectivity index (χ0) is 15.7. The first-order valence-corrected chi connectivity index (χ1v) is 11.5. The quantitative estimate of drug-likeness (QED) is 0.727. The molecule has 132 valence electrons. The van der Waals surface area contributed by atoms with Crippen LogP contribution in [0.25, 0.3) is 0 Å². The molecule has 0 bridgehead atoms. The van der Waals surface area contributed by atoms with Gasteiger partial charge in [-0.25, -0.2) is 0 Å². The Kier molecular flexibility index (Phi) is 5.24. The molecule has 0 aliphatic carbocycles. The second kappa shape index (κ2) is 7.23. The molecule has 0 N–H and O–H groups in total. The normalized spacial score (nSPS) is 30.7. The Morgan fingerprint density at radius 1 is 0.435 bits per heavy atom. The summed E-state index contributed by atoms with van der Waals surface area (Å²) in [5.41, 5.74) is 0. The Morgan fingerprint density at radius 2 is 0.739 bits per heavy atom. The molecule has 6 heteroatoms. The molecule has 4 aliphatic heterocycles. The average Bonchev–Trinajstić information content (AvgIpc) is 3.35. The fourth-order valence-electron chi connectivity index (χ4n) is 5.04. The predicted octanol–water partition coefficient (Wildman–Crippen LogP) is 2.20. The van der Waals surface area contributed by atoms with Crippen molar-refractivity contribution in [2.24, 2.45) is 0 Å². The van der Waals surface area contributed by atoms with Crippen molar-refractivity contribution in [2.45, 2.75) is 38.5 Å². The van der Waals surface area contributed by atoms with Crippen molar-refractivity contribution in [3.63, 3.8) is 0 Å². The van der Waals surface area contributed by atoms with E-state index in [1.54, 1.807) is 0 Å². The number of likely N-dealkylation sites (N-methyl/N-ethyl adjacent to an activating group) is 1. The predicted molar refractivity (Wildman–Crippen MR) is 98.4 cm³/mol. The van der Waals surface area contributed by atoms with Crippen LogP contribution in [0.4, 0.5) is 0 Å². The molecule has 0 atom stereocenters. The zero-order valence-electron chi connectivity index (χ0n) is 15.0. The number of hydrogen-bond donors (Lipinski definition) is 0. The number of hydrogen-bond acceptors (Lipinski definition) is 5. The summed E-state index contributed by atoms with van der Waals surface area (Å²) in [5.74, 6) is 0. The van der Waals surface area contributed by atoms with E-state index < -0.39 is 7.87 Å². The lowest BCUT2D eigenvalue weighted by atomic mass is 10.4. The molecular formula is C17H35N5P+. The minimum absolute atomic E-state index is 1.25. The summed E-state index contributed by atoms with van der Waals surface area (Å²) in [7, 11) is 0.856. The lowest BCUT2D eigenvalue weighted by Gasteiger charge is -2.50. The van der Waals surface area contributed by atoms with Crippen molar-refractivity contribution in [3.05, 3.63) is 0 Å². The molecule has 23 heavy (non-hydrogen) atoms. The van der Waals surface area contributed by atoms with Crippen LogP contribution in [0.15, 0.2) is 0 Å². The molecule has 0 aromatic carbocycles. The lowest BCUT2D eigenvalue weighted by molar-refractivity contribution is 0.189. The van der Waals surface area contributed by atoms with Crippen LogP contribution >= 0.6 is 7.87 Å². The van der Waals surface area contributed by atoms with Crippen molar-refractivity contribution >= 4 is 7.87 Å². The molecule has 4 aliphatic rings. The van der Waals surface area contributed by atoms with E-state index in [0.29, 0.717) is 0 Å². The highest BCUT2D eigenvalue weighted by molar-refractivity contribution is 7.66. The van der Waals surface area contributed by atoms with Crippen molar-refractivity contribution in [1.29, 1.82) is 0 Å². The summed E-state index contributed by atoms with van der Waals surface area (Å²) in [6, 6.07) is 0. The van der Waals surface area contributed by atoms with Gasteiger partial charge in [0.2, 0.25) is 0 Å². The molecule has 5 nitrogen and oxygen atoms in total. The van der Waals surface area contributed by atoms with Gasteiger partial charge in [0.15, 0.2) is 0 Å². The van der Waals surface area contributed by atoms with Gasteiger partial charge >= 0.3 is 7.87 Å². The van der Waals surface area contributed by atoms with Crippen molar-refractivity contribution in [3.8, 4) is 0 Å². The van der Waals surface area contributed by atoms with Crippen molar-refractivity contribution < 1.29 is 0 Å². The van der Waals surface area contributed by atoms with Crippen molar-refractivity contribution in [2.75, 3.05) is 72.5 Å². The largest absolute Gasteiger partial charge is 0.308 e. The third-order valence-electron chi connectivity index (χ3n) is 6.24. The van der Waals surface area contributed by atoms with Crippen LogP contribution in [0.2, 0.25) is 0 Å². The molecule has 0 saturated carbocycles. The maximum absolute atomic E-state index is 2.97. The highest BCUT2D eigenvalue weighted by Gasteiger charge is 2.63. The van der Waals surface area contributed by atoms with E-state index in [2.05, 4.69) is 30.6 Å². The minimum atomic E-state index is -1.43. The van der Waals surface area contributed by atoms with E-state index >= 15 is 0 Å². The topological polar surface area (TPSA) is 16.2 Å². The SMILES string of the molecule is CN1CCN([P+](N2CCCC2)(N2CCCC2)N2CCCC2)CC1. The van der Waals surface area contributed by atoms with Crippen LogP contribution in [-0.4, -0.2) is 96.1 Å². The monoisotopic (exact) mass is 340 g/mol. The Balaban J connectivity index is 1.69. The summed E-state index contributed by atoms with van der Waals surface area (Å²) < 4.78 is 11.9. The zero-order valence-corrected chi connectivity index (χ0v) is 15.9. The first-order chi connectivity index (χ1) is 11.3. The second-order valence-corrected chi connectivity index (χ2v) is 11.1. The van der Waals surface area contributed by atoms with Gasteiger partial charge in [0.05, 0.1) is 13.1 Å². The summed E-state index contributed by atoms with van der Waals surface area (Å²) in [4.78, 5) is 2.52. The van der Waals surface area contributed by atoms with Gasteiger partial charge in [0, 0.05) is 52.4 Å². The van der Waals surface area contributed by atoms with Crippen LogP contribution in [0.1, 0.15) is 38.5 Å². The van der Waals surface area contributed by atoms with Crippen molar-refractivity contribution in [1.82, 2.24) is 23.6 Å². The summed E-state index contributed by atoms with van der Waals surface area (Å²) in [6.45, 7) is 13.1. The Bertz CT molecular complexity index is 340. The molecular weight excluding hydrogens is 305 g/mol. The Morgan fingerprint density at radius 3 is 1.09 bits per heavy atom. The smallest absolute Gasteiger partial charge is 0.304 e. The van der Waals surface area contributed by atoms with E-state index in [0.717, 1.165) is 0 Å². The fraction of sp³-hybridized carbons (Fsp3) is 1.00. The molecule has 4 heterocycles. The first kappa shape index (κ1) is 16.7. The third kappa shape index (κ3) is 2.98. The Hall–Kier alpha value is 0.230. The summed E-state index contributed by atoms with van der Waals surface area (Å²) in [5, 5.41) is 0. The molecule has 4 rings (SSSR count). The molecule has 0 aromatic heterocycles. The van der Waals surface area contributed by atoms with Crippen LogP contribution in [-0.2, 0) is 0 Å². The lowest BCUT2D eigenvalue weighted by Crippen LogP contribution is -2.55. The van der Waals surface area contributed by atoms with Gasteiger partial charge in [-0.3, -0.25) is 0 Å². The Labute approximate surface area is 143 Å². The average molecular weight is 340 g/mol. The van der Waals surface area contributed by atoms with Crippen LogP contribution < -0.4 is 0 Å². The molecule has 0 unspecified atom stereocenters. The fourth-order valence-corrected chi connectivity index (χ4v) is 10.4. The van der Waals surface area contributed by atoms with Gasteiger partial charge in [-0.15, -0.1) is 18.7 Å². The number of piperazine rings is 1. The van der Waals surface area contributed by atoms with E-state index in [1.165, 1.54) is 104 Å². The van der Waals surface area contributed by atoms with Gasteiger partial charge in [0.25, 0.3) is 0 Å². The minimum Gasteiger partial charge on any atom is -0.304 e. The van der Waals surface area contributed by atoms with E-state index in [4.69, 9.17) is 0 Å². The van der Waals surface area contributed by atoms with E-state index in [1.807, 2.05) is 0 Å². The van der Waals surface area contributed by atoms with E-state index in [-0.39, 0.29) is 0 Å². The summed E-state index contributed by atoms with van der Waals surface area (Å²) in [6.07, 6.45) is 8.48. The molecule has 4 saturated heterocycles. The third-order valence-corrected chi connectivity index (χ3v) is 10.9. The van der Waals surface area contributed by atoms with Gasteiger partial charge < -0.3 is 4.90 Å². The van der Waals surface area contributed by atoms with Gasteiger partial charge in [0.1, 0.15) is 0 Å². The van der Waals surface area contributed by atoms with Gasteiger partial charge in [-0.2, -0.15) is 0 Å². The standard InChI is InChI=1S/C17H35N5P/c1-18-14-16-22(17-15-18)23(19-8-2-3-9-19,20-10-4-5-11-20)21-12-6-7-13-21/h2-17H2,1H3/q+1. The van der Waals surface area contributed by atoms with Crippen LogP contribution in [0.3, 0.4) is 0 Å². The highest BCUT2D eigenvalue weighted by atomic mass is 31.2. The maximum atomic E-state index is 2.97. The molecule has 0 aromatic rings. The highest BCUT2D eigenvalue weighted by Crippen LogP contribution is 2.72. The second-order valence-electron chi connectivity index (χ2n) is 7.78. The van der Waals surface area contributed by atoms with Crippen LogP contribution in [0.5, 0.6) is 0 Å². The molecule has 0 spiro atoms. The van der Waals surface area contributed by atoms with Gasteiger partial charge in [-0.1, -0.05) is 0 Å².